The van der Waals surface area contributed by atoms with E-state index in [1.807, 2.05) is 26.2 Å². The van der Waals surface area contributed by atoms with Crippen molar-refractivity contribution in [3.8, 4) is 11.1 Å². The normalized spacial score (nSPS) is 9.88. The van der Waals surface area contributed by atoms with E-state index >= 15 is 0 Å². The quantitative estimate of drug-likeness (QED) is 0.814. The zero-order valence-corrected chi connectivity index (χ0v) is 9.62. The van der Waals surface area contributed by atoms with Crippen LogP contribution in [0.4, 0.5) is 11.4 Å². The van der Waals surface area contributed by atoms with Crippen LogP contribution in [0.1, 0.15) is 0 Å². The fraction of sp³-hybridized carbons (Fsp3) is 0.143. The van der Waals surface area contributed by atoms with Gasteiger partial charge in [0.1, 0.15) is 0 Å². The van der Waals surface area contributed by atoms with Crippen molar-refractivity contribution in [3.05, 3.63) is 48.5 Å². The molecule has 82 valence electrons. The molecule has 0 bridgehead atoms. The van der Waals surface area contributed by atoms with E-state index < -0.39 is 0 Å². The van der Waals surface area contributed by atoms with Gasteiger partial charge in [-0.05, 0) is 17.7 Å². The van der Waals surface area contributed by atoms with Gasteiger partial charge in [0.25, 0.3) is 0 Å². The molecule has 0 radical (unpaired) electrons. The largest absolute Gasteiger partial charge is 0.388 e. The van der Waals surface area contributed by atoms with E-state index in [1.165, 1.54) is 11.1 Å². The Balaban J connectivity index is 2.62. The lowest BCUT2D eigenvalue weighted by Gasteiger charge is -2.14. The zero-order valence-electron chi connectivity index (χ0n) is 9.62. The van der Waals surface area contributed by atoms with E-state index in [1.54, 1.807) is 0 Å². The molecule has 2 aromatic carbocycles. The molecule has 0 fully saturated rings. The molecule has 0 spiro atoms. The van der Waals surface area contributed by atoms with Crippen LogP contribution in [0.5, 0.6) is 0 Å². The summed E-state index contributed by atoms with van der Waals surface area (Å²) >= 11 is 0. The summed E-state index contributed by atoms with van der Waals surface area (Å²) in [6.45, 7) is 0. The minimum atomic E-state index is 1.14. The molecule has 2 rings (SSSR count). The minimum absolute atomic E-state index is 1.14. The molecule has 16 heavy (non-hydrogen) atoms. The van der Waals surface area contributed by atoms with Crippen LogP contribution in [0.25, 0.3) is 11.1 Å². The van der Waals surface area contributed by atoms with Crippen molar-refractivity contribution in [3.63, 3.8) is 0 Å². The van der Waals surface area contributed by atoms with E-state index in [0.717, 1.165) is 11.4 Å². The topological polar surface area (TPSA) is 24.1 Å². The average Bonchev–Trinajstić information content (AvgIpc) is 2.38. The maximum Gasteiger partial charge on any atom is 0.0438 e. The van der Waals surface area contributed by atoms with Gasteiger partial charge in [0.15, 0.2) is 0 Å². The maximum absolute atomic E-state index is 3.23. The molecule has 0 saturated heterocycles. The molecule has 0 aromatic heterocycles. The molecule has 0 saturated carbocycles. The van der Waals surface area contributed by atoms with E-state index in [2.05, 4.69) is 47.0 Å². The molecule has 0 amide bonds. The number of hydrogen-bond donors (Lipinski definition) is 2. The first-order chi connectivity index (χ1) is 7.86. The summed E-state index contributed by atoms with van der Waals surface area (Å²) in [6, 6.07) is 16.6. The Bertz CT molecular complexity index is 441. The van der Waals surface area contributed by atoms with Gasteiger partial charge in [-0.2, -0.15) is 0 Å². The Kier molecular flexibility index (Phi) is 3.10. The third kappa shape index (κ3) is 1.87. The minimum Gasteiger partial charge on any atom is -0.388 e. The molecule has 2 nitrogen and oxygen atoms in total. The predicted molar refractivity (Wildman–Crippen MR) is 71.0 cm³/mol. The van der Waals surface area contributed by atoms with Crippen molar-refractivity contribution < 1.29 is 0 Å². The Morgan fingerprint density at radius 1 is 0.688 bits per heavy atom. The van der Waals surface area contributed by atoms with E-state index in [4.69, 9.17) is 0 Å². The highest BCUT2D eigenvalue weighted by atomic mass is 14.9. The van der Waals surface area contributed by atoms with Crippen LogP contribution in [0.2, 0.25) is 0 Å². The number of rotatable bonds is 3. The van der Waals surface area contributed by atoms with Crippen LogP contribution in [-0.4, -0.2) is 14.1 Å². The first kappa shape index (κ1) is 10.6. The van der Waals surface area contributed by atoms with Crippen LogP contribution in [0, 0.1) is 0 Å². The Labute approximate surface area is 96.3 Å². The average molecular weight is 212 g/mol. The van der Waals surface area contributed by atoms with Gasteiger partial charge >= 0.3 is 0 Å². The predicted octanol–water partition coefficient (Wildman–Crippen LogP) is 3.44. The van der Waals surface area contributed by atoms with Crippen LogP contribution in [0.15, 0.2) is 48.5 Å². The summed E-state index contributed by atoms with van der Waals surface area (Å²) in [4.78, 5) is 0. The van der Waals surface area contributed by atoms with Gasteiger partial charge in [-0.3, -0.25) is 0 Å². The van der Waals surface area contributed by atoms with Gasteiger partial charge in [-0.15, -0.1) is 0 Å². The highest BCUT2D eigenvalue weighted by molar-refractivity contribution is 5.88. The monoisotopic (exact) mass is 212 g/mol. The highest BCUT2D eigenvalue weighted by Crippen LogP contribution is 2.34. The number of nitrogens with one attached hydrogen (secondary N) is 2. The van der Waals surface area contributed by atoms with Gasteiger partial charge in [0.05, 0.1) is 0 Å². The maximum atomic E-state index is 3.23. The first-order valence-corrected chi connectivity index (χ1v) is 5.40. The second-order valence-electron chi connectivity index (χ2n) is 3.59. The van der Waals surface area contributed by atoms with Crippen molar-refractivity contribution >= 4 is 11.4 Å². The highest BCUT2D eigenvalue weighted by Gasteiger charge is 2.07. The molecule has 0 aliphatic heterocycles. The van der Waals surface area contributed by atoms with Crippen LogP contribution in [0.3, 0.4) is 0 Å². The lowest BCUT2D eigenvalue weighted by molar-refractivity contribution is 1.46. The van der Waals surface area contributed by atoms with Gasteiger partial charge in [-0.1, -0.05) is 36.4 Å². The number of benzene rings is 2. The molecule has 0 atom stereocenters. The number of anilines is 2. The molecular weight excluding hydrogens is 196 g/mol. The fourth-order valence-electron chi connectivity index (χ4n) is 1.88. The Hall–Kier alpha value is -1.96. The zero-order chi connectivity index (χ0) is 11.4. The van der Waals surface area contributed by atoms with Crippen LogP contribution < -0.4 is 10.6 Å². The molecule has 0 unspecified atom stereocenters. The smallest absolute Gasteiger partial charge is 0.0438 e. The van der Waals surface area contributed by atoms with Crippen molar-refractivity contribution in [2.75, 3.05) is 24.7 Å². The van der Waals surface area contributed by atoms with Crippen molar-refractivity contribution in [2.45, 2.75) is 0 Å². The summed E-state index contributed by atoms with van der Waals surface area (Å²) < 4.78 is 0. The van der Waals surface area contributed by atoms with Gasteiger partial charge in [0, 0.05) is 31.0 Å². The second-order valence-corrected chi connectivity index (χ2v) is 3.59. The lowest BCUT2D eigenvalue weighted by Crippen LogP contribution is -1.97. The second kappa shape index (κ2) is 4.71. The Morgan fingerprint density at radius 3 is 1.75 bits per heavy atom. The third-order valence-corrected chi connectivity index (χ3v) is 2.67. The van der Waals surface area contributed by atoms with Gasteiger partial charge in [0.2, 0.25) is 0 Å². The van der Waals surface area contributed by atoms with Crippen molar-refractivity contribution in [1.82, 2.24) is 0 Å². The summed E-state index contributed by atoms with van der Waals surface area (Å²) in [5.41, 5.74) is 4.71. The fourth-order valence-corrected chi connectivity index (χ4v) is 1.88. The molecule has 2 aromatic rings. The summed E-state index contributed by atoms with van der Waals surface area (Å²) in [5.74, 6) is 0. The van der Waals surface area contributed by atoms with Crippen LogP contribution in [-0.2, 0) is 0 Å². The summed E-state index contributed by atoms with van der Waals surface area (Å²) in [5, 5.41) is 6.46. The molecular formula is C14H16N2. The van der Waals surface area contributed by atoms with Crippen molar-refractivity contribution in [1.29, 1.82) is 0 Å². The van der Waals surface area contributed by atoms with Crippen LogP contribution >= 0.6 is 0 Å². The molecule has 0 heterocycles. The summed E-state index contributed by atoms with van der Waals surface area (Å²) in [6.07, 6.45) is 0. The van der Waals surface area contributed by atoms with Crippen molar-refractivity contribution in [2.24, 2.45) is 0 Å². The SMILES string of the molecule is CNc1cccc(NC)c1-c1ccccc1. The standard InChI is InChI=1S/C14H16N2/c1-15-12-9-6-10-13(16-2)14(12)11-7-4-3-5-8-11/h3-10,15-16H,1-2H3. The Morgan fingerprint density at radius 2 is 1.25 bits per heavy atom. The summed E-state index contributed by atoms with van der Waals surface area (Å²) in [7, 11) is 3.89. The molecule has 0 aliphatic rings. The third-order valence-electron chi connectivity index (χ3n) is 2.67. The van der Waals surface area contributed by atoms with E-state index in [9.17, 15) is 0 Å². The van der Waals surface area contributed by atoms with E-state index in [-0.39, 0.29) is 0 Å². The number of hydrogen-bond acceptors (Lipinski definition) is 2. The molecule has 2 N–H and O–H groups in total. The molecule has 0 aliphatic carbocycles. The lowest BCUT2D eigenvalue weighted by atomic mass is 10.0. The van der Waals surface area contributed by atoms with Gasteiger partial charge < -0.3 is 10.6 Å². The van der Waals surface area contributed by atoms with E-state index in [0.29, 0.717) is 0 Å². The first-order valence-electron chi connectivity index (χ1n) is 5.40. The van der Waals surface area contributed by atoms with Gasteiger partial charge in [-0.25, -0.2) is 0 Å². The molecule has 2 heteroatoms.